The van der Waals surface area contributed by atoms with Crippen molar-refractivity contribution in [1.82, 2.24) is 5.32 Å². The predicted molar refractivity (Wildman–Crippen MR) is 82.7 cm³/mol. The van der Waals surface area contributed by atoms with E-state index in [1.165, 1.54) is 19.3 Å². The van der Waals surface area contributed by atoms with Crippen LogP contribution >= 0.6 is 11.3 Å². The first-order valence-electron chi connectivity index (χ1n) is 7.73. The van der Waals surface area contributed by atoms with Gasteiger partial charge in [-0.3, -0.25) is 4.79 Å². The molecule has 3 atom stereocenters. The molecule has 20 heavy (non-hydrogen) atoms. The van der Waals surface area contributed by atoms with Crippen molar-refractivity contribution in [3.05, 3.63) is 22.4 Å². The van der Waals surface area contributed by atoms with Gasteiger partial charge in [0.25, 0.3) is 0 Å². The normalized spacial score (nSPS) is 34.5. The monoisotopic (exact) mass is 292 g/mol. The molecule has 110 valence electrons. The SMILES string of the molecule is CC(C(=O)NC1C2CCCC1CC(N)C2)c1ccsc1. The first kappa shape index (κ1) is 14.1. The van der Waals surface area contributed by atoms with Crippen molar-refractivity contribution in [1.29, 1.82) is 0 Å². The van der Waals surface area contributed by atoms with Crippen LogP contribution in [-0.4, -0.2) is 18.0 Å². The summed E-state index contributed by atoms with van der Waals surface area (Å²) in [6, 6.07) is 2.75. The summed E-state index contributed by atoms with van der Waals surface area (Å²) in [6.07, 6.45) is 5.90. The number of rotatable bonds is 3. The summed E-state index contributed by atoms with van der Waals surface area (Å²) in [6.45, 7) is 2.00. The van der Waals surface area contributed by atoms with Gasteiger partial charge in [-0.25, -0.2) is 0 Å². The number of thiophene rings is 1. The van der Waals surface area contributed by atoms with E-state index >= 15 is 0 Å². The molecule has 0 aliphatic heterocycles. The molecular formula is C16H24N2OS. The van der Waals surface area contributed by atoms with E-state index in [1.54, 1.807) is 11.3 Å². The van der Waals surface area contributed by atoms with E-state index in [0.717, 1.165) is 18.4 Å². The maximum Gasteiger partial charge on any atom is 0.227 e. The molecule has 3 rings (SSSR count). The van der Waals surface area contributed by atoms with Gasteiger partial charge in [-0.15, -0.1) is 0 Å². The fourth-order valence-electron chi connectivity index (χ4n) is 3.99. The summed E-state index contributed by atoms with van der Waals surface area (Å²) in [5, 5.41) is 7.45. The van der Waals surface area contributed by atoms with Crippen LogP contribution in [0.5, 0.6) is 0 Å². The van der Waals surface area contributed by atoms with E-state index in [2.05, 4.69) is 10.7 Å². The van der Waals surface area contributed by atoms with Gasteiger partial charge in [-0.1, -0.05) is 6.42 Å². The molecule has 3 nitrogen and oxygen atoms in total. The molecule has 1 heterocycles. The maximum absolute atomic E-state index is 12.5. The summed E-state index contributed by atoms with van der Waals surface area (Å²) in [4.78, 5) is 12.5. The lowest BCUT2D eigenvalue weighted by atomic mass is 9.67. The first-order chi connectivity index (χ1) is 9.65. The molecule has 0 spiro atoms. The van der Waals surface area contributed by atoms with Gasteiger partial charge < -0.3 is 11.1 Å². The van der Waals surface area contributed by atoms with Crippen LogP contribution in [0.2, 0.25) is 0 Å². The Labute approximate surface area is 124 Å². The van der Waals surface area contributed by atoms with Gasteiger partial charge >= 0.3 is 0 Å². The zero-order chi connectivity index (χ0) is 14.1. The molecule has 0 aromatic carbocycles. The van der Waals surface area contributed by atoms with Gasteiger partial charge in [0, 0.05) is 12.1 Å². The van der Waals surface area contributed by atoms with Crippen molar-refractivity contribution in [3.8, 4) is 0 Å². The lowest BCUT2D eigenvalue weighted by Gasteiger charge is -2.45. The van der Waals surface area contributed by atoms with Crippen molar-refractivity contribution in [2.45, 2.75) is 57.0 Å². The summed E-state index contributed by atoms with van der Waals surface area (Å²) in [5.74, 6) is 1.32. The second kappa shape index (κ2) is 5.86. The Morgan fingerprint density at radius 1 is 1.40 bits per heavy atom. The highest BCUT2D eigenvalue weighted by atomic mass is 32.1. The molecule has 2 aliphatic rings. The van der Waals surface area contributed by atoms with Crippen LogP contribution in [0.4, 0.5) is 0 Å². The van der Waals surface area contributed by atoms with Gasteiger partial charge in [-0.2, -0.15) is 11.3 Å². The number of hydrogen-bond acceptors (Lipinski definition) is 3. The number of nitrogens with two attached hydrogens (primary N) is 1. The lowest BCUT2D eigenvalue weighted by molar-refractivity contribution is -0.124. The van der Waals surface area contributed by atoms with Crippen molar-refractivity contribution in [2.24, 2.45) is 17.6 Å². The molecule has 1 aromatic rings. The maximum atomic E-state index is 12.5. The van der Waals surface area contributed by atoms with Crippen molar-refractivity contribution >= 4 is 17.2 Å². The Hall–Kier alpha value is -0.870. The molecule has 2 bridgehead atoms. The second-order valence-corrected chi connectivity index (χ2v) is 7.28. The molecule has 3 N–H and O–H groups in total. The number of carbonyl (C=O) groups is 1. The molecule has 4 heteroatoms. The fourth-order valence-corrected chi connectivity index (χ4v) is 4.74. The number of nitrogens with one attached hydrogen (secondary N) is 1. The zero-order valence-corrected chi connectivity index (χ0v) is 12.9. The molecule has 1 amide bonds. The average Bonchev–Trinajstić information content (AvgIpc) is 2.92. The third kappa shape index (κ3) is 2.77. The summed E-state index contributed by atoms with van der Waals surface area (Å²) < 4.78 is 0. The number of carbonyl (C=O) groups excluding carboxylic acids is 1. The molecule has 2 saturated carbocycles. The quantitative estimate of drug-likeness (QED) is 0.900. The molecular weight excluding hydrogens is 268 g/mol. The van der Waals surface area contributed by atoms with Crippen LogP contribution in [-0.2, 0) is 4.79 Å². The predicted octanol–water partition coefficient (Wildman–Crippen LogP) is 2.87. The molecule has 3 unspecified atom stereocenters. The molecule has 1 aromatic heterocycles. The van der Waals surface area contributed by atoms with Crippen LogP contribution in [0.3, 0.4) is 0 Å². The topological polar surface area (TPSA) is 55.1 Å². The lowest BCUT2D eigenvalue weighted by Crippen LogP contribution is -2.54. The van der Waals surface area contributed by atoms with Gasteiger partial charge in [-0.05, 0) is 66.8 Å². The van der Waals surface area contributed by atoms with Crippen LogP contribution in [0.25, 0.3) is 0 Å². The molecule has 2 aliphatic carbocycles. The number of hydrogen-bond donors (Lipinski definition) is 2. The van der Waals surface area contributed by atoms with E-state index in [0.29, 0.717) is 23.9 Å². The summed E-state index contributed by atoms with van der Waals surface area (Å²) in [5.41, 5.74) is 7.27. The third-order valence-electron chi connectivity index (χ3n) is 5.12. The minimum absolute atomic E-state index is 0.0439. The standard InChI is InChI=1S/C16H24N2OS/c1-10(13-5-6-20-9-13)16(19)18-15-11-3-2-4-12(15)8-14(17)7-11/h5-6,9-12,14-15H,2-4,7-8,17H2,1H3,(H,18,19). The average molecular weight is 292 g/mol. The molecule has 0 radical (unpaired) electrons. The van der Waals surface area contributed by atoms with Gasteiger partial charge in [0.1, 0.15) is 0 Å². The smallest absolute Gasteiger partial charge is 0.227 e. The van der Waals surface area contributed by atoms with E-state index in [-0.39, 0.29) is 11.8 Å². The van der Waals surface area contributed by atoms with E-state index in [4.69, 9.17) is 5.73 Å². The number of fused-ring (bicyclic) bond motifs is 2. The Bertz CT molecular complexity index is 445. The Kier molecular flexibility index (Phi) is 4.13. The minimum Gasteiger partial charge on any atom is -0.352 e. The minimum atomic E-state index is -0.0439. The van der Waals surface area contributed by atoms with Crippen molar-refractivity contribution < 1.29 is 4.79 Å². The van der Waals surface area contributed by atoms with Crippen LogP contribution in [0, 0.1) is 11.8 Å². The van der Waals surface area contributed by atoms with E-state index in [9.17, 15) is 4.79 Å². The molecule has 0 saturated heterocycles. The van der Waals surface area contributed by atoms with Gasteiger partial charge in [0.2, 0.25) is 5.91 Å². The Balaban J connectivity index is 1.66. The van der Waals surface area contributed by atoms with Crippen LogP contribution in [0.15, 0.2) is 16.8 Å². The highest BCUT2D eigenvalue weighted by molar-refractivity contribution is 7.08. The fraction of sp³-hybridized carbons (Fsp3) is 0.688. The summed E-state index contributed by atoms with van der Waals surface area (Å²) >= 11 is 1.65. The third-order valence-corrected chi connectivity index (χ3v) is 5.82. The summed E-state index contributed by atoms with van der Waals surface area (Å²) in [7, 11) is 0. The Morgan fingerprint density at radius 3 is 2.70 bits per heavy atom. The van der Waals surface area contributed by atoms with Crippen LogP contribution < -0.4 is 11.1 Å². The highest BCUT2D eigenvalue weighted by Gasteiger charge is 2.40. The van der Waals surface area contributed by atoms with Gasteiger partial charge in [0.15, 0.2) is 0 Å². The van der Waals surface area contributed by atoms with E-state index < -0.39 is 0 Å². The number of amides is 1. The Morgan fingerprint density at radius 2 is 2.10 bits per heavy atom. The van der Waals surface area contributed by atoms with Gasteiger partial charge in [0.05, 0.1) is 5.92 Å². The first-order valence-corrected chi connectivity index (χ1v) is 8.67. The largest absolute Gasteiger partial charge is 0.352 e. The van der Waals surface area contributed by atoms with Crippen LogP contribution in [0.1, 0.15) is 50.5 Å². The second-order valence-electron chi connectivity index (χ2n) is 6.50. The molecule has 2 fully saturated rings. The van der Waals surface area contributed by atoms with Crippen molar-refractivity contribution in [2.75, 3.05) is 0 Å². The highest BCUT2D eigenvalue weighted by Crippen LogP contribution is 2.39. The van der Waals surface area contributed by atoms with E-state index in [1.807, 2.05) is 18.4 Å². The van der Waals surface area contributed by atoms with Crippen molar-refractivity contribution in [3.63, 3.8) is 0 Å². The zero-order valence-electron chi connectivity index (χ0n) is 12.0.